The molecule has 1 aromatic carbocycles. The predicted molar refractivity (Wildman–Crippen MR) is 131 cm³/mol. The van der Waals surface area contributed by atoms with Crippen molar-refractivity contribution in [3.8, 4) is 0 Å². The van der Waals surface area contributed by atoms with Gasteiger partial charge in [0.1, 0.15) is 0 Å². The first-order valence-electron chi connectivity index (χ1n) is 11.6. The molecule has 1 aromatic rings. The molecule has 0 bridgehead atoms. The molecule has 0 unspecified atom stereocenters. The number of carbonyl (C=O) groups excluding carboxylic acids is 1. The lowest BCUT2D eigenvalue weighted by Gasteiger charge is -2.26. The fourth-order valence-corrected chi connectivity index (χ4v) is 4.23. The number of piperidine rings is 1. The highest BCUT2D eigenvalue weighted by Gasteiger charge is 2.40. The molecule has 4 N–H and O–H groups in total. The number of thioether (sulfide) groups is 1. The molecular formula is C24H35NO9S. The minimum atomic E-state index is -2.74. The van der Waals surface area contributed by atoms with Crippen molar-refractivity contribution in [3.63, 3.8) is 0 Å². The number of carbonyl (C=O) groups is 4. The van der Waals surface area contributed by atoms with Crippen LogP contribution in [0.3, 0.4) is 0 Å². The Kier molecular flexibility index (Phi) is 14.7. The van der Waals surface area contributed by atoms with Crippen LogP contribution in [0.1, 0.15) is 55.3 Å². The van der Waals surface area contributed by atoms with Gasteiger partial charge in [-0.1, -0.05) is 24.6 Å². The summed E-state index contributed by atoms with van der Waals surface area (Å²) in [6.45, 7) is 4.35. The van der Waals surface area contributed by atoms with E-state index in [-0.39, 0.29) is 5.97 Å². The van der Waals surface area contributed by atoms with Gasteiger partial charge in [0.25, 0.3) is 0 Å². The highest BCUT2D eigenvalue weighted by Crippen LogP contribution is 2.16. The maximum atomic E-state index is 11.7. The zero-order chi connectivity index (χ0) is 26.1. The molecule has 1 fully saturated rings. The van der Waals surface area contributed by atoms with Crippen molar-refractivity contribution in [3.05, 3.63) is 35.9 Å². The first-order valence-corrected chi connectivity index (χ1v) is 12.7. The van der Waals surface area contributed by atoms with Crippen LogP contribution in [0.5, 0.6) is 0 Å². The highest BCUT2D eigenvalue weighted by atomic mass is 32.2. The van der Waals surface area contributed by atoms with Crippen LogP contribution in [0.2, 0.25) is 0 Å². The van der Waals surface area contributed by atoms with Gasteiger partial charge in [0.2, 0.25) is 0 Å². The molecule has 0 aliphatic carbocycles. The van der Waals surface area contributed by atoms with Gasteiger partial charge in [0.15, 0.2) is 5.60 Å². The normalized spacial score (nSPS) is 13.9. The molecule has 11 heteroatoms. The lowest BCUT2D eigenvalue weighted by Crippen LogP contribution is -2.42. The standard InChI is InChI=1S/C18H27NO2S.C6H8O7/c20-18(17-9-3-1-4-10-17)21-14-8-16-22-15-7-13-19-11-5-2-6-12-19;7-3(8)1-6(13,5(11)12)2-4(9)10/h1,3-4,9-10H,2,5-8,11-16H2;13H,1-2H2,(H,7,8)(H,9,10)(H,11,12). The number of rotatable bonds is 14. The van der Waals surface area contributed by atoms with Crippen LogP contribution in [0.15, 0.2) is 30.3 Å². The molecule has 0 atom stereocenters. The minimum absolute atomic E-state index is 0.212. The van der Waals surface area contributed by atoms with Gasteiger partial charge in [-0.05, 0) is 69.0 Å². The quantitative estimate of drug-likeness (QED) is 0.214. The smallest absolute Gasteiger partial charge is 0.338 e. The van der Waals surface area contributed by atoms with Gasteiger partial charge in [-0.15, -0.1) is 0 Å². The zero-order valence-electron chi connectivity index (χ0n) is 19.8. The number of hydrogen-bond donors (Lipinski definition) is 4. The molecule has 1 aliphatic heterocycles. The summed E-state index contributed by atoms with van der Waals surface area (Å²) < 4.78 is 5.27. The Morgan fingerprint density at radius 1 is 0.886 bits per heavy atom. The molecule has 35 heavy (non-hydrogen) atoms. The Morgan fingerprint density at radius 2 is 1.46 bits per heavy atom. The van der Waals surface area contributed by atoms with Crippen LogP contribution in [0.25, 0.3) is 0 Å². The van der Waals surface area contributed by atoms with E-state index in [0.29, 0.717) is 12.2 Å². The average Bonchev–Trinajstić information content (AvgIpc) is 2.81. The summed E-state index contributed by atoms with van der Waals surface area (Å²) in [6.07, 6.45) is 4.08. The van der Waals surface area contributed by atoms with Crippen molar-refractivity contribution in [1.82, 2.24) is 4.90 Å². The third kappa shape index (κ3) is 13.7. The highest BCUT2D eigenvalue weighted by molar-refractivity contribution is 7.99. The van der Waals surface area contributed by atoms with Crippen molar-refractivity contribution in [2.75, 3.05) is 37.7 Å². The maximum Gasteiger partial charge on any atom is 0.338 e. The van der Waals surface area contributed by atoms with E-state index in [9.17, 15) is 19.2 Å². The average molecular weight is 514 g/mol. The molecule has 0 aromatic heterocycles. The monoisotopic (exact) mass is 513 g/mol. The fourth-order valence-electron chi connectivity index (χ4n) is 3.37. The number of likely N-dealkylation sites (tertiary alicyclic amines) is 1. The number of ether oxygens (including phenoxy) is 1. The van der Waals surface area contributed by atoms with Crippen LogP contribution in [0.4, 0.5) is 0 Å². The van der Waals surface area contributed by atoms with Crippen molar-refractivity contribution < 1.29 is 44.3 Å². The summed E-state index contributed by atoms with van der Waals surface area (Å²) in [5, 5.41) is 33.8. The van der Waals surface area contributed by atoms with E-state index in [2.05, 4.69) is 4.90 Å². The lowest BCUT2D eigenvalue weighted by atomic mass is 9.96. The summed E-state index contributed by atoms with van der Waals surface area (Å²) in [5.74, 6) is -2.95. The summed E-state index contributed by atoms with van der Waals surface area (Å²) in [7, 11) is 0. The van der Waals surface area contributed by atoms with Crippen LogP contribution >= 0.6 is 11.8 Å². The first kappa shape index (κ1) is 30.4. The molecular weight excluding hydrogens is 478 g/mol. The van der Waals surface area contributed by atoms with Crippen LogP contribution < -0.4 is 0 Å². The van der Waals surface area contributed by atoms with Gasteiger partial charge in [-0.25, -0.2) is 9.59 Å². The van der Waals surface area contributed by atoms with Crippen molar-refractivity contribution >= 4 is 35.6 Å². The first-order chi connectivity index (χ1) is 16.6. The molecule has 0 amide bonds. The second kappa shape index (κ2) is 16.9. The molecule has 1 saturated heterocycles. The van der Waals surface area contributed by atoms with E-state index in [0.717, 1.165) is 12.2 Å². The van der Waals surface area contributed by atoms with Gasteiger partial charge in [-0.3, -0.25) is 9.59 Å². The number of hydrogen-bond acceptors (Lipinski definition) is 8. The molecule has 196 valence electrons. The number of aliphatic hydroxyl groups is 1. The Labute approximate surface area is 209 Å². The fraction of sp³-hybridized carbons (Fsp3) is 0.583. The molecule has 1 aliphatic rings. The molecule has 0 saturated carbocycles. The maximum absolute atomic E-state index is 11.7. The third-order valence-corrected chi connectivity index (χ3v) is 6.33. The SMILES string of the molecule is O=C(O)CC(O)(CC(=O)O)C(=O)O.O=C(OCCCSCCCN1CCCCC1)c1ccccc1. The topological polar surface area (TPSA) is 162 Å². The zero-order valence-corrected chi connectivity index (χ0v) is 20.6. The predicted octanol–water partition coefficient (Wildman–Crippen LogP) is 2.59. The largest absolute Gasteiger partial charge is 0.481 e. The number of nitrogens with zero attached hydrogens (tertiary/aromatic N) is 1. The number of carboxylic acids is 3. The van der Waals surface area contributed by atoms with Crippen LogP contribution in [0, 0.1) is 0 Å². The summed E-state index contributed by atoms with van der Waals surface area (Å²) in [5.41, 5.74) is -2.10. The van der Waals surface area contributed by atoms with Crippen LogP contribution in [-0.4, -0.2) is 92.6 Å². The lowest BCUT2D eigenvalue weighted by molar-refractivity contribution is -0.170. The molecule has 0 spiro atoms. The third-order valence-electron chi connectivity index (χ3n) is 5.17. The molecule has 10 nitrogen and oxygen atoms in total. The Morgan fingerprint density at radius 3 is 2.00 bits per heavy atom. The minimum Gasteiger partial charge on any atom is -0.481 e. The van der Waals surface area contributed by atoms with E-state index in [1.54, 1.807) is 12.1 Å². The summed E-state index contributed by atoms with van der Waals surface area (Å²) in [4.78, 5) is 44.8. The number of carboxylic acid groups (broad SMARTS) is 3. The summed E-state index contributed by atoms with van der Waals surface area (Å²) >= 11 is 1.97. The van der Waals surface area contributed by atoms with Crippen LogP contribution in [-0.2, 0) is 19.1 Å². The van der Waals surface area contributed by atoms with E-state index in [1.807, 2.05) is 30.0 Å². The molecule has 2 rings (SSSR count). The van der Waals surface area contributed by atoms with Gasteiger partial charge in [0.05, 0.1) is 25.0 Å². The number of aliphatic carboxylic acids is 3. The Balaban J connectivity index is 0.000000405. The van der Waals surface area contributed by atoms with E-state index >= 15 is 0 Å². The molecule has 0 radical (unpaired) electrons. The van der Waals surface area contributed by atoms with Gasteiger partial charge in [0, 0.05) is 0 Å². The van der Waals surface area contributed by atoms with E-state index in [4.69, 9.17) is 25.2 Å². The van der Waals surface area contributed by atoms with Crippen molar-refractivity contribution in [1.29, 1.82) is 0 Å². The second-order valence-corrected chi connectivity index (χ2v) is 9.43. The number of benzene rings is 1. The van der Waals surface area contributed by atoms with E-state index < -0.39 is 36.4 Å². The molecule has 1 heterocycles. The van der Waals surface area contributed by atoms with Crippen molar-refractivity contribution in [2.24, 2.45) is 0 Å². The Bertz CT molecular complexity index is 781. The van der Waals surface area contributed by atoms with Gasteiger partial charge in [-0.2, -0.15) is 11.8 Å². The summed E-state index contributed by atoms with van der Waals surface area (Å²) in [6, 6.07) is 9.19. The van der Waals surface area contributed by atoms with Gasteiger partial charge >= 0.3 is 23.9 Å². The van der Waals surface area contributed by atoms with Crippen molar-refractivity contribution in [2.45, 2.75) is 50.5 Å². The Hall–Kier alpha value is -2.63. The second-order valence-electron chi connectivity index (χ2n) is 8.20. The van der Waals surface area contributed by atoms with Gasteiger partial charge < -0.3 is 30.1 Å². The van der Waals surface area contributed by atoms with E-state index in [1.165, 1.54) is 51.1 Å². The number of esters is 1.